The van der Waals surface area contributed by atoms with E-state index in [2.05, 4.69) is 0 Å². The minimum atomic E-state index is -0.625. The number of aliphatic hydroxyl groups is 1. The van der Waals surface area contributed by atoms with Gasteiger partial charge in [-0.2, -0.15) is 0 Å². The Morgan fingerprint density at radius 3 is 1.80 bits per heavy atom. The molecule has 0 unspecified atom stereocenters. The summed E-state index contributed by atoms with van der Waals surface area (Å²) in [5, 5.41) is 7.50. The Morgan fingerprint density at radius 2 is 1.80 bits per heavy atom. The van der Waals surface area contributed by atoms with E-state index in [1.807, 2.05) is 0 Å². The van der Waals surface area contributed by atoms with Gasteiger partial charge in [-0.15, -0.1) is 0 Å². The lowest BCUT2D eigenvalue weighted by atomic mass is 10.9. The number of rotatable bonds is 1. The summed E-state index contributed by atoms with van der Waals surface area (Å²) < 4.78 is 10.5. The van der Waals surface area contributed by atoms with Gasteiger partial charge in [0.15, 0.2) is 0 Å². The maximum absolute atomic E-state index is 10.5. The first kappa shape index (κ1) is 8.85. The number of alkyl halides is 1. The standard InChI is InChI=1S/C2H5FO.H3N/c3-1-2-4;/h4H,1-2H2;1H3. The van der Waals surface area contributed by atoms with Crippen molar-refractivity contribution in [2.45, 2.75) is 0 Å². The third-order valence-electron chi connectivity index (χ3n) is 0.0845. The highest BCUT2D eigenvalue weighted by Crippen LogP contribution is 1.54. The van der Waals surface area contributed by atoms with E-state index in [4.69, 9.17) is 5.11 Å². The molecule has 34 valence electrons. The average molecular weight is 81.1 g/mol. The van der Waals surface area contributed by atoms with Crippen LogP contribution in [0.5, 0.6) is 0 Å². The minimum absolute atomic E-state index is 0. The Labute approximate surface area is 30.2 Å². The second-order valence-electron chi connectivity index (χ2n) is 0.413. The highest BCUT2D eigenvalue weighted by Gasteiger charge is 1.61. The fourth-order valence-electron chi connectivity index (χ4n) is 0. The summed E-state index contributed by atoms with van der Waals surface area (Å²) in [4.78, 5) is 0. The summed E-state index contributed by atoms with van der Waals surface area (Å²) >= 11 is 0. The zero-order valence-corrected chi connectivity index (χ0v) is 2.95. The molecule has 5 heavy (non-hydrogen) atoms. The SMILES string of the molecule is N.OCCF. The van der Waals surface area contributed by atoms with Crippen LogP contribution in [0.25, 0.3) is 0 Å². The van der Waals surface area contributed by atoms with Crippen LogP contribution in [-0.4, -0.2) is 18.4 Å². The van der Waals surface area contributed by atoms with Crippen LogP contribution in [0.2, 0.25) is 0 Å². The van der Waals surface area contributed by atoms with Crippen molar-refractivity contribution >= 4 is 0 Å². The number of hydrogen-bond donors (Lipinski definition) is 2. The van der Waals surface area contributed by atoms with Gasteiger partial charge >= 0.3 is 0 Å². The highest BCUT2D eigenvalue weighted by atomic mass is 19.1. The van der Waals surface area contributed by atoms with Crippen molar-refractivity contribution in [1.29, 1.82) is 0 Å². The molecule has 2 nitrogen and oxygen atoms in total. The first-order valence-electron chi connectivity index (χ1n) is 1.08. The molecule has 0 bridgehead atoms. The zero-order valence-electron chi connectivity index (χ0n) is 2.95. The fraction of sp³-hybridized carbons (Fsp3) is 1.00. The predicted octanol–water partition coefficient (Wildman–Crippen LogP) is 0.110. The molecule has 0 heterocycles. The molecule has 0 aliphatic heterocycles. The van der Waals surface area contributed by atoms with Crippen molar-refractivity contribution in [3.8, 4) is 0 Å². The normalized spacial score (nSPS) is 6.00. The molecule has 0 aromatic rings. The van der Waals surface area contributed by atoms with Crippen LogP contribution in [0, 0.1) is 0 Å². The quantitative estimate of drug-likeness (QED) is 0.470. The smallest absolute Gasteiger partial charge is 0.112 e. The number of halogens is 1. The Morgan fingerprint density at radius 1 is 1.60 bits per heavy atom. The monoisotopic (exact) mass is 81.1 g/mol. The topological polar surface area (TPSA) is 55.2 Å². The molecule has 0 atom stereocenters. The molecule has 0 radical (unpaired) electrons. The zero-order chi connectivity index (χ0) is 3.41. The van der Waals surface area contributed by atoms with Crippen LogP contribution in [0.1, 0.15) is 0 Å². The molecule has 0 fully saturated rings. The van der Waals surface area contributed by atoms with E-state index in [1.165, 1.54) is 0 Å². The molecular weight excluding hydrogens is 73.0 g/mol. The van der Waals surface area contributed by atoms with Gasteiger partial charge in [-0.25, -0.2) is 4.39 Å². The molecule has 0 aromatic carbocycles. The molecule has 0 rings (SSSR count). The average Bonchev–Trinajstić information content (AvgIpc) is 1.37. The second kappa shape index (κ2) is 9.14. The molecule has 0 saturated heterocycles. The number of aliphatic hydroxyl groups excluding tert-OH is 1. The van der Waals surface area contributed by atoms with Crippen LogP contribution in [-0.2, 0) is 0 Å². The lowest BCUT2D eigenvalue weighted by Crippen LogP contribution is -1.77. The highest BCUT2D eigenvalue weighted by molar-refractivity contribution is 4.08. The molecule has 0 aliphatic carbocycles. The van der Waals surface area contributed by atoms with Crippen LogP contribution in [0.15, 0.2) is 0 Å². The van der Waals surface area contributed by atoms with E-state index in [1.54, 1.807) is 0 Å². The van der Waals surface area contributed by atoms with Gasteiger partial charge in [0.25, 0.3) is 0 Å². The summed E-state index contributed by atoms with van der Waals surface area (Å²) in [6.45, 7) is -0.972. The van der Waals surface area contributed by atoms with Crippen LogP contribution in [0.3, 0.4) is 0 Å². The van der Waals surface area contributed by atoms with Crippen molar-refractivity contribution in [1.82, 2.24) is 6.15 Å². The fourth-order valence-corrected chi connectivity index (χ4v) is 0. The molecule has 0 amide bonds. The van der Waals surface area contributed by atoms with Gasteiger partial charge < -0.3 is 11.3 Å². The molecule has 4 N–H and O–H groups in total. The van der Waals surface area contributed by atoms with Crippen molar-refractivity contribution in [2.24, 2.45) is 0 Å². The Hall–Kier alpha value is -0.150. The van der Waals surface area contributed by atoms with Gasteiger partial charge in [0, 0.05) is 0 Å². The van der Waals surface area contributed by atoms with Gasteiger partial charge in [-0.05, 0) is 0 Å². The maximum atomic E-state index is 10.5. The molecular formula is C2H8FNO. The van der Waals surface area contributed by atoms with Crippen LogP contribution < -0.4 is 6.15 Å². The van der Waals surface area contributed by atoms with Crippen molar-refractivity contribution in [3.63, 3.8) is 0 Å². The maximum Gasteiger partial charge on any atom is 0.112 e. The van der Waals surface area contributed by atoms with E-state index in [0.29, 0.717) is 0 Å². The van der Waals surface area contributed by atoms with Gasteiger partial charge in [-0.3, -0.25) is 0 Å². The van der Waals surface area contributed by atoms with Crippen LogP contribution in [0.4, 0.5) is 4.39 Å². The Kier molecular flexibility index (Phi) is 16.2. The lowest BCUT2D eigenvalue weighted by Gasteiger charge is -1.66. The molecule has 0 spiro atoms. The van der Waals surface area contributed by atoms with Gasteiger partial charge in [0.1, 0.15) is 6.67 Å². The lowest BCUT2D eigenvalue weighted by molar-refractivity contribution is 0.253. The first-order valence-corrected chi connectivity index (χ1v) is 1.08. The van der Waals surface area contributed by atoms with E-state index >= 15 is 0 Å². The van der Waals surface area contributed by atoms with E-state index in [9.17, 15) is 4.39 Å². The first-order chi connectivity index (χ1) is 1.91. The van der Waals surface area contributed by atoms with Crippen LogP contribution >= 0.6 is 0 Å². The number of hydrogen-bond acceptors (Lipinski definition) is 2. The molecule has 0 saturated carbocycles. The molecule has 0 aromatic heterocycles. The Balaban J connectivity index is 0. The summed E-state index contributed by atoms with van der Waals surface area (Å²) in [5.41, 5.74) is 0. The second-order valence-corrected chi connectivity index (χ2v) is 0.413. The Bertz CT molecular complexity index is 11.6. The van der Waals surface area contributed by atoms with Gasteiger partial charge in [-0.1, -0.05) is 0 Å². The molecule has 3 heteroatoms. The minimum Gasteiger partial charge on any atom is -0.394 e. The van der Waals surface area contributed by atoms with Crippen molar-refractivity contribution in [3.05, 3.63) is 0 Å². The van der Waals surface area contributed by atoms with Gasteiger partial charge in [0.2, 0.25) is 0 Å². The summed E-state index contributed by atoms with van der Waals surface area (Å²) in [7, 11) is 0. The summed E-state index contributed by atoms with van der Waals surface area (Å²) in [6, 6.07) is 0. The third-order valence-corrected chi connectivity index (χ3v) is 0.0845. The van der Waals surface area contributed by atoms with Crippen molar-refractivity contribution in [2.75, 3.05) is 13.3 Å². The summed E-state index contributed by atoms with van der Waals surface area (Å²) in [5.74, 6) is 0. The van der Waals surface area contributed by atoms with E-state index < -0.39 is 6.67 Å². The largest absolute Gasteiger partial charge is 0.394 e. The van der Waals surface area contributed by atoms with E-state index in [-0.39, 0.29) is 12.8 Å². The van der Waals surface area contributed by atoms with E-state index in [0.717, 1.165) is 0 Å². The summed E-state index contributed by atoms with van der Waals surface area (Å²) in [6.07, 6.45) is 0. The third kappa shape index (κ3) is 18.2. The van der Waals surface area contributed by atoms with Crippen molar-refractivity contribution < 1.29 is 9.50 Å². The predicted molar refractivity (Wildman–Crippen MR) is 18.1 cm³/mol. The van der Waals surface area contributed by atoms with Gasteiger partial charge in [0.05, 0.1) is 6.61 Å². The molecule has 0 aliphatic rings.